The molecule has 1 aromatic carbocycles. The molecular formula is C12H16N2O3S2. The Hall–Kier alpha value is -1.36. The van der Waals surface area contributed by atoms with Gasteiger partial charge < -0.3 is 10.5 Å². The summed E-state index contributed by atoms with van der Waals surface area (Å²) in [5.74, 6) is 4.16. The first-order chi connectivity index (χ1) is 9.01. The van der Waals surface area contributed by atoms with Crippen LogP contribution in [0.25, 0.3) is 0 Å². The molecule has 19 heavy (non-hydrogen) atoms. The lowest BCUT2D eigenvalue weighted by Crippen LogP contribution is -2.26. The number of hydrogen-bond donors (Lipinski definition) is 2. The van der Waals surface area contributed by atoms with Crippen LogP contribution in [0, 0.1) is 12.3 Å². The van der Waals surface area contributed by atoms with Gasteiger partial charge in [-0.05, 0) is 12.1 Å². The molecule has 0 aliphatic carbocycles. The first kappa shape index (κ1) is 15.7. The number of nitrogen functional groups attached to an aromatic ring is 1. The van der Waals surface area contributed by atoms with Crippen LogP contribution in [-0.4, -0.2) is 33.6 Å². The van der Waals surface area contributed by atoms with Gasteiger partial charge in [-0.15, -0.1) is 18.2 Å². The van der Waals surface area contributed by atoms with Gasteiger partial charge in [-0.1, -0.05) is 5.92 Å². The number of rotatable bonds is 7. The second-order valence-corrected chi connectivity index (χ2v) is 6.40. The molecule has 0 spiro atoms. The van der Waals surface area contributed by atoms with E-state index in [1.54, 1.807) is 6.07 Å². The second kappa shape index (κ2) is 7.28. The van der Waals surface area contributed by atoms with E-state index in [0.717, 1.165) is 0 Å². The Morgan fingerprint density at radius 2 is 2.26 bits per heavy atom. The Labute approximate surface area is 118 Å². The van der Waals surface area contributed by atoms with Crippen molar-refractivity contribution in [2.24, 2.45) is 0 Å². The van der Waals surface area contributed by atoms with E-state index in [1.807, 2.05) is 0 Å². The molecule has 0 radical (unpaired) electrons. The number of methoxy groups -OCH3 is 1. The van der Waals surface area contributed by atoms with Gasteiger partial charge in [-0.3, -0.25) is 0 Å². The predicted octanol–water partition coefficient (Wildman–Crippen LogP) is 0.922. The SMILES string of the molecule is C#CCSCCNS(=O)(=O)c1ccc(OC)cc1N. The highest BCUT2D eigenvalue weighted by atomic mass is 32.2. The molecule has 0 atom stereocenters. The summed E-state index contributed by atoms with van der Waals surface area (Å²) in [4.78, 5) is 0.0512. The highest BCUT2D eigenvalue weighted by Crippen LogP contribution is 2.23. The molecule has 0 saturated heterocycles. The molecule has 1 rings (SSSR count). The normalized spacial score (nSPS) is 10.9. The van der Waals surface area contributed by atoms with Crippen LogP contribution in [-0.2, 0) is 10.0 Å². The minimum atomic E-state index is -3.60. The monoisotopic (exact) mass is 300 g/mol. The summed E-state index contributed by atoms with van der Waals surface area (Å²) in [6.07, 6.45) is 5.10. The molecule has 0 unspecified atom stereocenters. The summed E-state index contributed by atoms with van der Waals surface area (Å²) in [6.45, 7) is 0.306. The predicted molar refractivity (Wildman–Crippen MR) is 78.8 cm³/mol. The number of benzene rings is 1. The quantitative estimate of drug-likeness (QED) is 0.444. The van der Waals surface area contributed by atoms with Crippen LogP contribution in [0.1, 0.15) is 0 Å². The largest absolute Gasteiger partial charge is 0.497 e. The number of nitrogens with two attached hydrogens (primary N) is 1. The molecule has 5 nitrogen and oxygen atoms in total. The van der Waals surface area contributed by atoms with Gasteiger partial charge in [0.1, 0.15) is 10.6 Å². The van der Waals surface area contributed by atoms with Gasteiger partial charge >= 0.3 is 0 Å². The molecule has 0 aromatic heterocycles. The maximum atomic E-state index is 12.0. The first-order valence-electron chi connectivity index (χ1n) is 5.45. The molecule has 0 heterocycles. The average Bonchev–Trinajstić information content (AvgIpc) is 2.37. The highest BCUT2D eigenvalue weighted by Gasteiger charge is 2.17. The van der Waals surface area contributed by atoms with E-state index in [0.29, 0.717) is 23.8 Å². The molecule has 7 heteroatoms. The number of terminal acetylenes is 1. The van der Waals surface area contributed by atoms with Crippen molar-refractivity contribution in [2.75, 3.05) is 30.9 Å². The molecule has 3 N–H and O–H groups in total. The van der Waals surface area contributed by atoms with Crippen molar-refractivity contribution in [3.63, 3.8) is 0 Å². The molecule has 0 bridgehead atoms. The molecule has 104 valence electrons. The van der Waals surface area contributed by atoms with E-state index in [9.17, 15) is 8.42 Å². The molecular weight excluding hydrogens is 284 g/mol. The van der Waals surface area contributed by atoms with E-state index in [-0.39, 0.29) is 10.6 Å². The highest BCUT2D eigenvalue weighted by molar-refractivity contribution is 7.99. The third-order valence-corrected chi connectivity index (χ3v) is 4.63. The minimum absolute atomic E-state index is 0.0512. The standard InChI is InChI=1S/C12H16N2O3S2/c1-3-7-18-8-6-14-19(15,16)12-5-4-10(17-2)9-11(12)13/h1,4-5,9,14H,6-8,13H2,2H3. The third kappa shape index (κ3) is 4.67. The van der Waals surface area contributed by atoms with Gasteiger partial charge in [0.2, 0.25) is 10.0 Å². The number of anilines is 1. The van der Waals surface area contributed by atoms with Crippen molar-refractivity contribution in [1.29, 1.82) is 0 Å². The molecule has 0 aliphatic heterocycles. The molecule has 0 aliphatic rings. The Kier molecular flexibility index (Phi) is 6.02. The van der Waals surface area contributed by atoms with E-state index < -0.39 is 10.0 Å². The van der Waals surface area contributed by atoms with Crippen molar-refractivity contribution in [3.8, 4) is 18.1 Å². The summed E-state index contributed by atoms with van der Waals surface area (Å²) in [6, 6.07) is 4.45. The number of sulfonamides is 1. The summed E-state index contributed by atoms with van der Waals surface area (Å²) in [5.41, 5.74) is 5.86. The van der Waals surface area contributed by atoms with Gasteiger partial charge in [-0.25, -0.2) is 13.1 Å². The smallest absolute Gasteiger partial charge is 0.242 e. The zero-order chi connectivity index (χ0) is 14.3. The Balaban J connectivity index is 2.70. The number of hydrogen-bond acceptors (Lipinski definition) is 5. The number of thioether (sulfide) groups is 1. The summed E-state index contributed by atoms with van der Waals surface area (Å²) >= 11 is 1.49. The van der Waals surface area contributed by atoms with Crippen molar-refractivity contribution >= 4 is 27.5 Å². The van der Waals surface area contributed by atoms with Crippen LogP contribution in [0.4, 0.5) is 5.69 Å². The lowest BCUT2D eigenvalue weighted by molar-refractivity contribution is 0.414. The van der Waals surface area contributed by atoms with Gasteiger partial charge in [0.05, 0.1) is 18.6 Å². The van der Waals surface area contributed by atoms with Crippen molar-refractivity contribution < 1.29 is 13.2 Å². The zero-order valence-electron chi connectivity index (χ0n) is 10.5. The fourth-order valence-electron chi connectivity index (χ4n) is 1.36. The van der Waals surface area contributed by atoms with Crippen molar-refractivity contribution in [3.05, 3.63) is 18.2 Å². The van der Waals surface area contributed by atoms with Crippen LogP contribution < -0.4 is 15.2 Å². The molecule has 0 saturated carbocycles. The van der Waals surface area contributed by atoms with E-state index >= 15 is 0 Å². The molecule has 1 aromatic rings. The van der Waals surface area contributed by atoms with Crippen molar-refractivity contribution in [1.82, 2.24) is 4.72 Å². The van der Waals surface area contributed by atoms with Crippen LogP contribution >= 0.6 is 11.8 Å². The maximum absolute atomic E-state index is 12.0. The Morgan fingerprint density at radius 1 is 1.53 bits per heavy atom. The van der Waals surface area contributed by atoms with Gasteiger partial charge in [0.15, 0.2) is 0 Å². The van der Waals surface area contributed by atoms with Gasteiger partial charge in [0, 0.05) is 18.4 Å². The average molecular weight is 300 g/mol. The second-order valence-electron chi connectivity index (χ2n) is 3.56. The van der Waals surface area contributed by atoms with Gasteiger partial charge in [-0.2, -0.15) is 0 Å². The van der Waals surface area contributed by atoms with E-state index in [4.69, 9.17) is 16.9 Å². The van der Waals surface area contributed by atoms with Gasteiger partial charge in [0.25, 0.3) is 0 Å². The fraction of sp³-hybridized carbons (Fsp3) is 0.333. The topological polar surface area (TPSA) is 81.4 Å². The van der Waals surface area contributed by atoms with Crippen LogP contribution in [0.5, 0.6) is 5.75 Å². The van der Waals surface area contributed by atoms with E-state index in [1.165, 1.54) is 31.0 Å². The lowest BCUT2D eigenvalue weighted by atomic mass is 10.3. The minimum Gasteiger partial charge on any atom is -0.497 e. The number of nitrogens with one attached hydrogen (secondary N) is 1. The third-order valence-electron chi connectivity index (χ3n) is 2.23. The zero-order valence-corrected chi connectivity index (χ0v) is 12.2. The Morgan fingerprint density at radius 3 is 2.84 bits per heavy atom. The Bertz CT molecular complexity index is 565. The fourth-order valence-corrected chi connectivity index (χ4v) is 3.14. The van der Waals surface area contributed by atoms with Crippen molar-refractivity contribution in [2.45, 2.75) is 4.90 Å². The summed E-state index contributed by atoms with van der Waals surface area (Å²) in [5, 5.41) is 0. The maximum Gasteiger partial charge on any atom is 0.242 e. The molecule has 0 fully saturated rings. The van der Waals surface area contributed by atoms with Crippen LogP contribution in [0.15, 0.2) is 23.1 Å². The van der Waals surface area contributed by atoms with Crippen LogP contribution in [0.3, 0.4) is 0 Å². The number of ether oxygens (including phenoxy) is 1. The first-order valence-corrected chi connectivity index (χ1v) is 8.09. The molecule has 0 amide bonds. The lowest BCUT2D eigenvalue weighted by Gasteiger charge is -2.10. The summed E-state index contributed by atoms with van der Waals surface area (Å²) in [7, 11) is -2.11. The summed E-state index contributed by atoms with van der Waals surface area (Å²) < 4.78 is 31.5. The van der Waals surface area contributed by atoms with Crippen LogP contribution in [0.2, 0.25) is 0 Å². The van der Waals surface area contributed by atoms with E-state index in [2.05, 4.69) is 10.6 Å².